The molecule has 0 radical (unpaired) electrons. The third-order valence-corrected chi connectivity index (χ3v) is 4.50. The van der Waals surface area contributed by atoms with Crippen molar-refractivity contribution >= 4 is 47.2 Å². The van der Waals surface area contributed by atoms with E-state index in [-0.39, 0.29) is 36.5 Å². The molecule has 9 heteroatoms. The molecule has 2 aromatic rings. The van der Waals surface area contributed by atoms with Crippen molar-refractivity contribution in [2.24, 2.45) is 4.99 Å². The van der Waals surface area contributed by atoms with Crippen LogP contribution in [0.3, 0.4) is 0 Å². The highest BCUT2D eigenvalue weighted by Crippen LogP contribution is 2.28. The fourth-order valence-electron chi connectivity index (χ4n) is 2.41. The van der Waals surface area contributed by atoms with E-state index in [0.29, 0.717) is 31.1 Å². The number of methoxy groups -OCH3 is 1. The highest BCUT2D eigenvalue weighted by Gasteiger charge is 2.09. The van der Waals surface area contributed by atoms with Gasteiger partial charge in [0.25, 0.3) is 5.91 Å². The van der Waals surface area contributed by atoms with Crippen molar-refractivity contribution in [2.45, 2.75) is 26.9 Å². The number of hydrogen-bond acceptors (Lipinski definition) is 5. The van der Waals surface area contributed by atoms with Gasteiger partial charge in [0.2, 0.25) is 0 Å². The number of hydrogen-bond donors (Lipinski definition) is 3. The van der Waals surface area contributed by atoms with Gasteiger partial charge in [-0.05, 0) is 53.9 Å². The lowest BCUT2D eigenvalue weighted by atomic mass is 10.2. The van der Waals surface area contributed by atoms with E-state index in [1.54, 1.807) is 18.4 Å². The monoisotopic (exact) mass is 532 g/mol. The van der Waals surface area contributed by atoms with Crippen LogP contribution >= 0.6 is 35.3 Å². The fourth-order valence-corrected chi connectivity index (χ4v) is 3.07. The standard InChI is InChI=1S/C20H28N4O3S.HI/c1-4-21-19(25)13-27-17-7-6-15(10-18(17)26-3)11-23-20(22-5-2)24-12-16-8-9-28-14-16;/h6-10,14H,4-5,11-13H2,1-3H3,(H,21,25)(H2,22,23,24);1H. The Balaban J connectivity index is 0.00000420. The lowest BCUT2D eigenvalue weighted by Crippen LogP contribution is -2.36. The van der Waals surface area contributed by atoms with Gasteiger partial charge in [0.1, 0.15) is 0 Å². The average Bonchev–Trinajstić information content (AvgIpc) is 3.22. The van der Waals surface area contributed by atoms with E-state index in [0.717, 1.165) is 18.1 Å². The quantitative estimate of drug-likeness (QED) is 0.249. The molecule has 160 valence electrons. The molecule has 1 aromatic carbocycles. The normalized spacial score (nSPS) is 10.7. The number of likely N-dealkylation sites (N-methyl/N-ethyl adjacent to an activating group) is 1. The van der Waals surface area contributed by atoms with E-state index in [9.17, 15) is 4.79 Å². The summed E-state index contributed by atoms with van der Waals surface area (Å²) in [6.45, 7) is 6.44. The highest BCUT2D eigenvalue weighted by molar-refractivity contribution is 14.0. The van der Waals surface area contributed by atoms with Gasteiger partial charge in [-0.1, -0.05) is 6.07 Å². The van der Waals surface area contributed by atoms with E-state index in [1.807, 2.05) is 37.4 Å². The van der Waals surface area contributed by atoms with Crippen molar-refractivity contribution < 1.29 is 14.3 Å². The number of benzene rings is 1. The largest absolute Gasteiger partial charge is 0.493 e. The molecule has 2 rings (SSSR count). The van der Waals surface area contributed by atoms with Crippen LogP contribution in [0, 0.1) is 0 Å². The van der Waals surface area contributed by atoms with E-state index < -0.39 is 0 Å². The first kappa shape index (κ1) is 25.0. The Morgan fingerprint density at radius 3 is 2.52 bits per heavy atom. The number of aliphatic imine (C=N–C) groups is 1. The Hall–Kier alpha value is -2.01. The summed E-state index contributed by atoms with van der Waals surface area (Å²) in [6.07, 6.45) is 0. The van der Waals surface area contributed by atoms with Crippen molar-refractivity contribution in [3.8, 4) is 11.5 Å². The van der Waals surface area contributed by atoms with Gasteiger partial charge in [-0.15, -0.1) is 24.0 Å². The first-order chi connectivity index (χ1) is 13.7. The second-order valence-electron chi connectivity index (χ2n) is 5.91. The zero-order valence-electron chi connectivity index (χ0n) is 17.0. The molecule has 1 aromatic heterocycles. The molecule has 0 fully saturated rings. The number of nitrogens with zero attached hydrogens (tertiary/aromatic N) is 1. The molecule has 1 amide bonds. The molecule has 1 heterocycles. The van der Waals surface area contributed by atoms with Crippen LogP contribution in [0.2, 0.25) is 0 Å². The summed E-state index contributed by atoms with van der Waals surface area (Å²) >= 11 is 1.67. The number of thiophene rings is 1. The van der Waals surface area contributed by atoms with Gasteiger partial charge in [0, 0.05) is 19.6 Å². The fraction of sp³-hybridized carbons (Fsp3) is 0.400. The second kappa shape index (κ2) is 14.0. The number of ether oxygens (including phenoxy) is 2. The van der Waals surface area contributed by atoms with Gasteiger partial charge in [-0.25, -0.2) is 4.99 Å². The Kier molecular flexibility index (Phi) is 12.1. The molecule has 0 atom stereocenters. The molecule has 0 spiro atoms. The van der Waals surface area contributed by atoms with Gasteiger partial charge < -0.3 is 25.4 Å². The minimum Gasteiger partial charge on any atom is -0.493 e. The molecular weight excluding hydrogens is 503 g/mol. The van der Waals surface area contributed by atoms with Crippen molar-refractivity contribution in [3.63, 3.8) is 0 Å². The predicted octanol–water partition coefficient (Wildman–Crippen LogP) is 3.14. The smallest absolute Gasteiger partial charge is 0.257 e. The Bertz CT molecular complexity index is 769. The summed E-state index contributed by atoms with van der Waals surface area (Å²) in [5.41, 5.74) is 2.21. The van der Waals surface area contributed by atoms with Crippen molar-refractivity contribution in [1.29, 1.82) is 0 Å². The molecule has 29 heavy (non-hydrogen) atoms. The summed E-state index contributed by atoms with van der Waals surface area (Å²) in [4.78, 5) is 16.2. The maximum Gasteiger partial charge on any atom is 0.257 e. The van der Waals surface area contributed by atoms with Crippen molar-refractivity contribution in [3.05, 3.63) is 46.2 Å². The summed E-state index contributed by atoms with van der Waals surface area (Å²) in [5, 5.41) is 13.4. The molecule has 3 N–H and O–H groups in total. The predicted molar refractivity (Wildman–Crippen MR) is 129 cm³/mol. The summed E-state index contributed by atoms with van der Waals surface area (Å²) < 4.78 is 10.9. The molecule has 0 unspecified atom stereocenters. The maximum atomic E-state index is 11.6. The Morgan fingerprint density at radius 1 is 1.07 bits per heavy atom. The van der Waals surface area contributed by atoms with Crippen LogP contribution in [-0.4, -0.2) is 38.7 Å². The lowest BCUT2D eigenvalue weighted by molar-refractivity contribution is -0.123. The Labute approximate surface area is 193 Å². The van der Waals surface area contributed by atoms with E-state index in [2.05, 4.69) is 32.4 Å². The summed E-state index contributed by atoms with van der Waals surface area (Å²) in [6, 6.07) is 7.71. The van der Waals surface area contributed by atoms with Gasteiger partial charge >= 0.3 is 0 Å². The molecule has 0 bridgehead atoms. The van der Waals surface area contributed by atoms with Crippen LogP contribution in [0.5, 0.6) is 11.5 Å². The number of nitrogens with one attached hydrogen (secondary N) is 3. The van der Waals surface area contributed by atoms with Crippen LogP contribution < -0.4 is 25.4 Å². The molecule has 0 aliphatic heterocycles. The lowest BCUT2D eigenvalue weighted by Gasteiger charge is -2.14. The first-order valence-corrected chi connectivity index (χ1v) is 10.2. The van der Waals surface area contributed by atoms with Crippen molar-refractivity contribution in [2.75, 3.05) is 26.8 Å². The third kappa shape index (κ3) is 8.90. The van der Waals surface area contributed by atoms with Crippen LogP contribution in [0.15, 0.2) is 40.0 Å². The van der Waals surface area contributed by atoms with E-state index >= 15 is 0 Å². The molecule has 0 aliphatic carbocycles. The number of halogens is 1. The number of rotatable bonds is 10. The second-order valence-corrected chi connectivity index (χ2v) is 6.69. The van der Waals surface area contributed by atoms with Crippen LogP contribution in [0.1, 0.15) is 25.0 Å². The van der Waals surface area contributed by atoms with Crippen LogP contribution in [0.4, 0.5) is 0 Å². The molecule has 7 nitrogen and oxygen atoms in total. The van der Waals surface area contributed by atoms with Crippen molar-refractivity contribution in [1.82, 2.24) is 16.0 Å². The third-order valence-electron chi connectivity index (χ3n) is 3.76. The summed E-state index contributed by atoms with van der Waals surface area (Å²) in [5.74, 6) is 1.72. The van der Waals surface area contributed by atoms with Crippen LogP contribution in [0.25, 0.3) is 0 Å². The average molecular weight is 532 g/mol. The minimum absolute atomic E-state index is 0. The minimum atomic E-state index is -0.160. The van der Waals surface area contributed by atoms with Crippen LogP contribution in [-0.2, 0) is 17.9 Å². The summed E-state index contributed by atoms with van der Waals surface area (Å²) in [7, 11) is 1.58. The topological polar surface area (TPSA) is 84.0 Å². The SMILES string of the molecule is CCNC(=O)COc1ccc(CNC(=NCc2ccsc2)NCC)cc1OC.I. The number of carbonyl (C=O) groups excluding carboxylic acids is 1. The molecular formula is C20H29IN4O3S. The van der Waals surface area contributed by atoms with E-state index in [4.69, 9.17) is 9.47 Å². The first-order valence-electron chi connectivity index (χ1n) is 9.25. The molecule has 0 saturated heterocycles. The van der Waals surface area contributed by atoms with Gasteiger partial charge in [0.05, 0.1) is 13.7 Å². The zero-order chi connectivity index (χ0) is 20.2. The Morgan fingerprint density at radius 2 is 1.86 bits per heavy atom. The van der Waals surface area contributed by atoms with Gasteiger partial charge in [-0.3, -0.25) is 4.79 Å². The number of amides is 1. The van der Waals surface area contributed by atoms with Gasteiger partial charge in [-0.2, -0.15) is 11.3 Å². The van der Waals surface area contributed by atoms with E-state index in [1.165, 1.54) is 5.56 Å². The maximum absolute atomic E-state index is 11.6. The molecule has 0 saturated carbocycles. The molecule has 0 aliphatic rings. The zero-order valence-corrected chi connectivity index (χ0v) is 20.1. The van der Waals surface area contributed by atoms with Gasteiger partial charge in [0.15, 0.2) is 24.1 Å². The number of carbonyl (C=O) groups is 1. The number of guanidine groups is 1. The highest BCUT2D eigenvalue weighted by atomic mass is 127.